The van der Waals surface area contributed by atoms with Crippen LogP contribution in [0.25, 0.3) is 16.9 Å². The molecule has 1 atom stereocenters. The number of imide groups is 1. The van der Waals surface area contributed by atoms with Crippen LogP contribution in [-0.2, 0) is 23.2 Å². The lowest BCUT2D eigenvalue weighted by molar-refractivity contribution is -0.136. The first-order valence-electron chi connectivity index (χ1n) is 9.61. The molecule has 3 aromatic rings. The molecular weight excluding hydrogens is 386 g/mol. The van der Waals surface area contributed by atoms with Crippen LogP contribution in [0.2, 0.25) is 0 Å². The van der Waals surface area contributed by atoms with E-state index in [9.17, 15) is 14.4 Å². The molecule has 2 aliphatic heterocycles. The van der Waals surface area contributed by atoms with Gasteiger partial charge in [0.15, 0.2) is 0 Å². The zero-order valence-corrected chi connectivity index (χ0v) is 16.5. The highest BCUT2D eigenvalue weighted by atomic mass is 16.2. The van der Waals surface area contributed by atoms with Crippen LogP contribution in [0.4, 0.5) is 0 Å². The van der Waals surface area contributed by atoms with E-state index in [0.29, 0.717) is 24.2 Å². The molecule has 0 saturated carbocycles. The Hall–Kier alpha value is -3.82. The molecule has 0 aliphatic carbocycles. The minimum atomic E-state index is -0.627. The van der Waals surface area contributed by atoms with Gasteiger partial charge in [0.2, 0.25) is 11.8 Å². The first-order chi connectivity index (χ1) is 14.4. The summed E-state index contributed by atoms with van der Waals surface area (Å²) in [5, 5.41) is 15.1. The molecule has 5 rings (SSSR count). The molecule has 2 aliphatic rings. The average molecular weight is 405 g/mol. The molecule has 1 unspecified atom stereocenters. The van der Waals surface area contributed by atoms with Gasteiger partial charge in [-0.15, -0.1) is 5.10 Å². The minimum Gasteiger partial charge on any atom is -0.322 e. The average Bonchev–Trinajstić information content (AvgIpc) is 3.39. The highest BCUT2D eigenvalue weighted by Crippen LogP contribution is 2.29. The van der Waals surface area contributed by atoms with Crippen molar-refractivity contribution in [1.82, 2.24) is 35.0 Å². The zero-order chi connectivity index (χ0) is 21.0. The summed E-state index contributed by atoms with van der Waals surface area (Å²) in [5.41, 5.74) is 4.63. The van der Waals surface area contributed by atoms with E-state index >= 15 is 0 Å². The van der Waals surface area contributed by atoms with Gasteiger partial charge < -0.3 is 4.90 Å². The van der Waals surface area contributed by atoms with Crippen molar-refractivity contribution >= 4 is 17.7 Å². The van der Waals surface area contributed by atoms with E-state index in [1.165, 1.54) is 4.90 Å². The molecule has 152 valence electrons. The molecule has 1 N–H and O–H groups in total. The highest BCUT2D eigenvalue weighted by Gasteiger charge is 2.39. The summed E-state index contributed by atoms with van der Waals surface area (Å²) >= 11 is 0. The second kappa shape index (κ2) is 6.61. The molecule has 10 heteroatoms. The fourth-order valence-corrected chi connectivity index (χ4v) is 4.07. The molecule has 0 radical (unpaired) electrons. The van der Waals surface area contributed by atoms with Gasteiger partial charge in [-0.05, 0) is 37.1 Å². The number of amides is 3. The third-order valence-electron chi connectivity index (χ3n) is 5.55. The lowest BCUT2D eigenvalue weighted by atomic mass is 10.0. The molecular formula is C20H19N7O3. The van der Waals surface area contributed by atoms with Crippen molar-refractivity contribution in [3.63, 3.8) is 0 Å². The number of hydrogen-bond acceptors (Lipinski definition) is 6. The van der Waals surface area contributed by atoms with E-state index in [1.807, 2.05) is 32.4 Å². The lowest BCUT2D eigenvalue weighted by Crippen LogP contribution is -2.52. The Morgan fingerprint density at radius 1 is 1.13 bits per heavy atom. The summed E-state index contributed by atoms with van der Waals surface area (Å²) in [5.74, 6) is -0.912. The molecule has 0 spiro atoms. The molecule has 1 fully saturated rings. The zero-order valence-electron chi connectivity index (χ0n) is 16.5. The summed E-state index contributed by atoms with van der Waals surface area (Å²) in [6.07, 6.45) is 4.29. The Balaban J connectivity index is 1.42. The summed E-state index contributed by atoms with van der Waals surface area (Å²) in [7, 11) is 1.85. The summed E-state index contributed by atoms with van der Waals surface area (Å²) in [6, 6.07) is 4.81. The molecule has 30 heavy (non-hydrogen) atoms. The predicted octanol–water partition coefficient (Wildman–Crippen LogP) is 0.737. The van der Waals surface area contributed by atoms with Crippen LogP contribution in [0.5, 0.6) is 0 Å². The van der Waals surface area contributed by atoms with Crippen LogP contribution in [0.3, 0.4) is 0 Å². The van der Waals surface area contributed by atoms with Crippen molar-refractivity contribution < 1.29 is 14.4 Å². The monoisotopic (exact) mass is 405 g/mol. The Bertz CT molecular complexity index is 1210. The van der Waals surface area contributed by atoms with Crippen LogP contribution in [0, 0.1) is 6.92 Å². The maximum absolute atomic E-state index is 12.8. The van der Waals surface area contributed by atoms with E-state index in [2.05, 4.69) is 20.7 Å². The number of piperidine rings is 1. The molecule has 1 saturated heterocycles. The van der Waals surface area contributed by atoms with Crippen molar-refractivity contribution in [2.45, 2.75) is 32.4 Å². The second-order valence-corrected chi connectivity index (χ2v) is 7.59. The number of carbonyl (C=O) groups is 3. The first-order valence-corrected chi connectivity index (χ1v) is 9.61. The van der Waals surface area contributed by atoms with Crippen LogP contribution in [-0.4, -0.2) is 53.4 Å². The molecule has 10 nitrogen and oxygen atoms in total. The molecule has 1 aromatic carbocycles. The van der Waals surface area contributed by atoms with Crippen LogP contribution >= 0.6 is 0 Å². The van der Waals surface area contributed by atoms with E-state index in [-0.39, 0.29) is 18.2 Å². The van der Waals surface area contributed by atoms with Gasteiger partial charge in [0.25, 0.3) is 5.91 Å². The van der Waals surface area contributed by atoms with Gasteiger partial charge in [0, 0.05) is 37.3 Å². The highest BCUT2D eigenvalue weighted by molar-refractivity contribution is 6.05. The van der Waals surface area contributed by atoms with Crippen molar-refractivity contribution in [2.24, 2.45) is 7.05 Å². The van der Waals surface area contributed by atoms with Crippen molar-refractivity contribution in [1.29, 1.82) is 0 Å². The summed E-state index contributed by atoms with van der Waals surface area (Å²) < 4.78 is 3.38. The van der Waals surface area contributed by atoms with Crippen LogP contribution in [0.15, 0.2) is 30.6 Å². The molecule has 3 amide bonds. The fraction of sp³-hybridized carbons (Fsp3) is 0.300. The maximum Gasteiger partial charge on any atom is 0.255 e. The van der Waals surface area contributed by atoms with Gasteiger partial charge >= 0.3 is 0 Å². The van der Waals surface area contributed by atoms with Gasteiger partial charge in [-0.1, -0.05) is 5.21 Å². The van der Waals surface area contributed by atoms with Gasteiger partial charge in [0.1, 0.15) is 11.7 Å². The largest absolute Gasteiger partial charge is 0.322 e. The predicted molar refractivity (Wildman–Crippen MR) is 104 cm³/mol. The number of fused-ring (bicyclic) bond motifs is 1. The summed E-state index contributed by atoms with van der Waals surface area (Å²) in [6.45, 7) is 2.23. The maximum atomic E-state index is 12.8. The SMILES string of the molecule is Cc1nn(C)cc1-c1cn(-c2ccc3c(c2)CN(C2CCC(=O)NC2=O)C3=O)nn1. The number of rotatable bonds is 3. The Labute approximate surface area is 171 Å². The second-order valence-electron chi connectivity index (χ2n) is 7.59. The number of nitrogens with one attached hydrogen (secondary N) is 1. The smallest absolute Gasteiger partial charge is 0.255 e. The van der Waals surface area contributed by atoms with Gasteiger partial charge in [-0.2, -0.15) is 5.10 Å². The Morgan fingerprint density at radius 3 is 2.70 bits per heavy atom. The molecule has 0 bridgehead atoms. The Morgan fingerprint density at radius 2 is 1.97 bits per heavy atom. The van der Waals surface area contributed by atoms with E-state index in [1.54, 1.807) is 21.5 Å². The van der Waals surface area contributed by atoms with E-state index < -0.39 is 11.9 Å². The fourth-order valence-electron chi connectivity index (χ4n) is 4.07. The van der Waals surface area contributed by atoms with E-state index in [4.69, 9.17) is 0 Å². The third-order valence-corrected chi connectivity index (χ3v) is 5.55. The van der Waals surface area contributed by atoms with Gasteiger partial charge in [-0.25, -0.2) is 4.68 Å². The van der Waals surface area contributed by atoms with Crippen LogP contribution < -0.4 is 5.32 Å². The normalized spacial score (nSPS) is 18.7. The topological polar surface area (TPSA) is 115 Å². The third kappa shape index (κ3) is 2.88. The number of nitrogens with zero attached hydrogens (tertiary/aromatic N) is 6. The number of carbonyl (C=O) groups excluding carboxylic acids is 3. The van der Waals surface area contributed by atoms with Gasteiger partial charge in [0.05, 0.1) is 17.6 Å². The number of hydrogen-bond donors (Lipinski definition) is 1. The van der Waals surface area contributed by atoms with Gasteiger partial charge in [-0.3, -0.25) is 24.4 Å². The summed E-state index contributed by atoms with van der Waals surface area (Å²) in [4.78, 5) is 37.9. The minimum absolute atomic E-state index is 0.198. The quantitative estimate of drug-likeness (QED) is 0.643. The first kappa shape index (κ1) is 18.2. The number of aryl methyl sites for hydroxylation is 2. The van der Waals surface area contributed by atoms with E-state index in [0.717, 1.165) is 22.5 Å². The Kier molecular flexibility index (Phi) is 4.02. The van der Waals surface area contributed by atoms with Crippen molar-refractivity contribution in [2.75, 3.05) is 0 Å². The standard InChI is InChI=1S/C20H19N7O3/c1-11-15(9-25(2)23-11)16-10-27(24-22-16)13-3-4-14-12(7-13)8-26(20(14)30)17-5-6-18(28)21-19(17)29/h3-4,7,9-10,17H,5-6,8H2,1-2H3,(H,21,28,29). The van der Waals surface area contributed by atoms with Crippen LogP contribution in [0.1, 0.15) is 34.5 Å². The molecule has 2 aromatic heterocycles. The lowest BCUT2D eigenvalue weighted by Gasteiger charge is -2.29. The number of benzene rings is 1. The molecule has 4 heterocycles. The van der Waals surface area contributed by atoms with Crippen molar-refractivity contribution in [3.8, 4) is 16.9 Å². The van der Waals surface area contributed by atoms with Crippen molar-refractivity contribution in [3.05, 3.63) is 47.4 Å². The number of aromatic nitrogens is 5.